The van der Waals surface area contributed by atoms with E-state index in [0.717, 1.165) is 38.5 Å². The number of quaternary nitrogens is 1. The van der Waals surface area contributed by atoms with Crippen LogP contribution in [0.15, 0.2) is 12.2 Å². The summed E-state index contributed by atoms with van der Waals surface area (Å²) in [5.74, 6) is -1.46. The number of hydrogen-bond acceptors (Lipinski definition) is 6. The first kappa shape index (κ1) is 51.1. The maximum atomic E-state index is 12.7. The predicted molar refractivity (Wildman–Crippen MR) is 220 cm³/mol. The van der Waals surface area contributed by atoms with Gasteiger partial charge < -0.3 is 23.8 Å². The molecule has 1 N–H and O–H groups in total. The largest absolute Gasteiger partial charge is 0.477 e. The van der Waals surface area contributed by atoms with Crippen molar-refractivity contribution < 1.29 is 38.2 Å². The zero-order chi connectivity index (χ0) is 39.3. The molecular weight excluding hydrogens is 666 g/mol. The number of ether oxygens (including phenoxy) is 3. The molecule has 0 aliphatic heterocycles. The van der Waals surface area contributed by atoms with Gasteiger partial charge in [-0.2, -0.15) is 0 Å². The number of nitrogens with zero attached hydrogens (tertiary/aromatic N) is 1. The molecule has 2 atom stereocenters. The molecule has 0 aromatic rings. The quantitative estimate of drug-likeness (QED) is 0.0288. The number of aliphatic carboxylic acids is 1. The SMILES string of the molecule is CCCCCCCCCCC/C=C/CCCCCCCCCC(=O)OC(COCCC(C(=O)O)[N+](C)(C)C)COC(=O)CCCCCCCCCCC. The summed E-state index contributed by atoms with van der Waals surface area (Å²) in [6.45, 7) is 4.73. The number of unbranched alkanes of at least 4 members (excludes halogenated alkanes) is 24. The van der Waals surface area contributed by atoms with Gasteiger partial charge in [0.2, 0.25) is 0 Å². The molecule has 2 unspecified atom stereocenters. The van der Waals surface area contributed by atoms with E-state index in [1.807, 2.05) is 21.1 Å². The summed E-state index contributed by atoms with van der Waals surface area (Å²) in [5.41, 5.74) is 0. The Hall–Kier alpha value is -1.93. The van der Waals surface area contributed by atoms with Crippen LogP contribution in [0.4, 0.5) is 0 Å². The molecule has 312 valence electrons. The summed E-state index contributed by atoms with van der Waals surface area (Å²) in [5, 5.41) is 9.60. The van der Waals surface area contributed by atoms with Gasteiger partial charge >= 0.3 is 17.9 Å². The number of esters is 2. The molecule has 0 radical (unpaired) electrons. The van der Waals surface area contributed by atoms with Crippen molar-refractivity contribution in [1.82, 2.24) is 0 Å². The van der Waals surface area contributed by atoms with Crippen LogP contribution in [-0.2, 0) is 28.6 Å². The number of rotatable bonds is 40. The minimum atomic E-state index is -0.874. The molecule has 0 aliphatic rings. The number of carboxylic acid groups (broad SMARTS) is 1. The van der Waals surface area contributed by atoms with E-state index in [9.17, 15) is 19.5 Å². The normalized spacial score (nSPS) is 13.0. The van der Waals surface area contributed by atoms with Gasteiger partial charge in [0, 0.05) is 19.3 Å². The number of carboxylic acids is 1. The monoisotopic (exact) mass is 753 g/mol. The van der Waals surface area contributed by atoms with Crippen LogP contribution in [0.1, 0.15) is 206 Å². The molecule has 8 nitrogen and oxygen atoms in total. The molecule has 0 saturated heterocycles. The predicted octanol–water partition coefficient (Wildman–Crippen LogP) is 11.9. The van der Waals surface area contributed by atoms with Crippen molar-refractivity contribution in [2.45, 2.75) is 219 Å². The Morgan fingerprint density at radius 3 is 1.36 bits per heavy atom. The van der Waals surface area contributed by atoms with E-state index in [1.54, 1.807) is 0 Å². The number of allylic oxidation sites excluding steroid dienone is 2. The highest BCUT2D eigenvalue weighted by Gasteiger charge is 2.31. The fourth-order valence-corrected chi connectivity index (χ4v) is 6.67. The van der Waals surface area contributed by atoms with Crippen molar-refractivity contribution in [3.63, 3.8) is 0 Å². The van der Waals surface area contributed by atoms with Crippen LogP contribution in [0.2, 0.25) is 0 Å². The Bertz CT molecular complexity index is 885. The lowest BCUT2D eigenvalue weighted by atomic mass is 10.1. The van der Waals surface area contributed by atoms with E-state index in [1.165, 1.54) is 135 Å². The Balaban J connectivity index is 4.24. The minimum absolute atomic E-state index is 0.0475. The Labute approximate surface area is 327 Å². The van der Waals surface area contributed by atoms with Gasteiger partial charge in [0.05, 0.1) is 34.4 Å². The zero-order valence-corrected chi connectivity index (χ0v) is 35.5. The highest BCUT2D eigenvalue weighted by Crippen LogP contribution is 2.15. The molecular formula is C45H86NO7+. The number of likely N-dealkylation sites (N-methyl/N-ethyl adjacent to an activating group) is 1. The van der Waals surface area contributed by atoms with E-state index in [2.05, 4.69) is 26.0 Å². The van der Waals surface area contributed by atoms with Gasteiger partial charge in [-0.3, -0.25) is 9.59 Å². The van der Waals surface area contributed by atoms with E-state index >= 15 is 0 Å². The van der Waals surface area contributed by atoms with Gasteiger partial charge in [-0.05, 0) is 38.5 Å². The average Bonchev–Trinajstić information content (AvgIpc) is 3.11. The molecule has 0 aromatic carbocycles. The summed E-state index contributed by atoms with van der Waals surface area (Å²) in [6.07, 6.45) is 38.3. The fourth-order valence-electron chi connectivity index (χ4n) is 6.67. The summed E-state index contributed by atoms with van der Waals surface area (Å²) in [4.78, 5) is 36.8. The lowest BCUT2D eigenvalue weighted by Crippen LogP contribution is -2.50. The first-order chi connectivity index (χ1) is 25.6. The van der Waals surface area contributed by atoms with Crippen molar-refractivity contribution >= 4 is 17.9 Å². The average molecular weight is 753 g/mol. The van der Waals surface area contributed by atoms with Gasteiger partial charge in [0.25, 0.3) is 0 Å². The smallest absolute Gasteiger partial charge is 0.362 e. The molecule has 0 bridgehead atoms. The lowest BCUT2D eigenvalue weighted by Gasteiger charge is -2.31. The molecule has 0 aliphatic carbocycles. The Morgan fingerprint density at radius 2 is 0.943 bits per heavy atom. The summed E-state index contributed by atoms with van der Waals surface area (Å²) in [6, 6.07) is -0.610. The van der Waals surface area contributed by atoms with E-state index < -0.39 is 18.1 Å². The third-order valence-corrected chi connectivity index (χ3v) is 10.2. The van der Waals surface area contributed by atoms with Gasteiger partial charge in [0.1, 0.15) is 6.61 Å². The fraction of sp³-hybridized carbons (Fsp3) is 0.889. The topological polar surface area (TPSA) is 99.1 Å². The molecule has 8 heteroatoms. The number of hydrogen-bond donors (Lipinski definition) is 1. The third-order valence-electron chi connectivity index (χ3n) is 10.2. The summed E-state index contributed by atoms with van der Waals surface area (Å²) in [7, 11) is 5.53. The molecule has 0 aromatic heterocycles. The highest BCUT2D eigenvalue weighted by molar-refractivity contribution is 5.72. The molecule has 0 amide bonds. The molecule has 0 rings (SSSR count). The highest BCUT2D eigenvalue weighted by atomic mass is 16.6. The standard InChI is InChI=1S/C45H85NO7/c1-6-8-10-12-14-16-17-18-19-20-21-22-23-24-25-26-28-30-32-34-36-44(48)53-41(39-51-38-37-42(45(49)50)46(3,4)5)40-52-43(47)35-33-31-29-27-15-13-11-9-7-2/h21-22,41-42H,6-20,23-40H2,1-5H3/p+1/b22-21+. The van der Waals surface area contributed by atoms with Crippen molar-refractivity contribution in [2.24, 2.45) is 0 Å². The van der Waals surface area contributed by atoms with Gasteiger partial charge in [0.15, 0.2) is 12.1 Å². The molecule has 0 heterocycles. The second-order valence-electron chi connectivity index (χ2n) is 16.3. The molecule has 0 spiro atoms. The van der Waals surface area contributed by atoms with Crippen LogP contribution < -0.4 is 0 Å². The first-order valence-electron chi connectivity index (χ1n) is 22.2. The number of carbonyl (C=O) groups is 3. The van der Waals surface area contributed by atoms with Crippen LogP contribution in [-0.4, -0.2) is 80.6 Å². The van der Waals surface area contributed by atoms with Gasteiger partial charge in [-0.15, -0.1) is 0 Å². The van der Waals surface area contributed by atoms with Crippen molar-refractivity contribution in [3.05, 3.63) is 12.2 Å². The van der Waals surface area contributed by atoms with Crippen molar-refractivity contribution in [3.8, 4) is 0 Å². The van der Waals surface area contributed by atoms with Gasteiger partial charge in [-0.1, -0.05) is 161 Å². The molecule has 0 saturated carbocycles. The molecule has 53 heavy (non-hydrogen) atoms. The molecule has 0 fully saturated rings. The Kier molecular flexibility index (Phi) is 35.7. The van der Waals surface area contributed by atoms with E-state index in [4.69, 9.17) is 14.2 Å². The maximum absolute atomic E-state index is 12.7. The van der Waals surface area contributed by atoms with Crippen LogP contribution >= 0.6 is 0 Å². The third kappa shape index (κ3) is 35.5. The second-order valence-corrected chi connectivity index (χ2v) is 16.3. The van der Waals surface area contributed by atoms with E-state index in [-0.39, 0.29) is 36.2 Å². The van der Waals surface area contributed by atoms with Gasteiger partial charge in [-0.25, -0.2) is 4.79 Å². The summed E-state index contributed by atoms with van der Waals surface area (Å²) < 4.78 is 17.2. The zero-order valence-electron chi connectivity index (χ0n) is 35.5. The van der Waals surface area contributed by atoms with Crippen LogP contribution in [0.5, 0.6) is 0 Å². The maximum Gasteiger partial charge on any atom is 0.362 e. The second kappa shape index (κ2) is 37.0. The van der Waals surface area contributed by atoms with Crippen LogP contribution in [0.3, 0.4) is 0 Å². The van der Waals surface area contributed by atoms with Crippen molar-refractivity contribution in [1.29, 1.82) is 0 Å². The number of carbonyl (C=O) groups excluding carboxylic acids is 2. The Morgan fingerprint density at radius 1 is 0.547 bits per heavy atom. The lowest BCUT2D eigenvalue weighted by molar-refractivity contribution is -0.887. The summed E-state index contributed by atoms with van der Waals surface area (Å²) >= 11 is 0. The van der Waals surface area contributed by atoms with Crippen LogP contribution in [0.25, 0.3) is 0 Å². The first-order valence-corrected chi connectivity index (χ1v) is 22.2. The minimum Gasteiger partial charge on any atom is -0.477 e. The van der Waals surface area contributed by atoms with E-state index in [0.29, 0.717) is 19.3 Å². The van der Waals surface area contributed by atoms with Crippen LogP contribution in [0, 0.1) is 0 Å². The van der Waals surface area contributed by atoms with Crippen molar-refractivity contribution in [2.75, 3.05) is 41.0 Å².